The van der Waals surface area contributed by atoms with Crippen LogP contribution in [-0.4, -0.2) is 49.0 Å². The molecule has 7 nitrogen and oxygen atoms in total. The maximum atomic E-state index is 13.8. The van der Waals surface area contributed by atoms with E-state index in [1.54, 1.807) is 11.1 Å². The average Bonchev–Trinajstić information content (AvgIpc) is 3.20. The molecule has 34 heavy (non-hydrogen) atoms. The fourth-order valence-electron chi connectivity index (χ4n) is 5.04. The number of rotatable bonds is 6. The Labute approximate surface area is 202 Å². The van der Waals surface area contributed by atoms with Gasteiger partial charge in [-0.3, -0.25) is 14.6 Å². The third kappa shape index (κ3) is 4.36. The van der Waals surface area contributed by atoms with Crippen LogP contribution < -0.4 is 9.80 Å². The molecular weight excluding hydrogens is 446 g/mol. The maximum Gasteiger partial charge on any atom is 0.412 e. The van der Waals surface area contributed by atoms with Crippen LogP contribution in [0.25, 0.3) is 0 Å². The second kappa shape index (κ2) is 8.50. The minimum atomic E-state index is -1.22. The molecule has 0 saturated carbocycles. The van der Waals surface area contributed by atoms with Gasteiger partial charge in [-0.05, 0) is 69.0 Å². The Morgan fingerprint density at radius 3 is 2.56 bits per heavy atom. The smallest absolute Gasteiger partial charge is 0.412 e. The van der Waals surface area contributed by atoms with E-state index in [9.17, 15) is 14.7 Å². The predicted octanol–water partition coefficient (Wildman–Crippen LogP) is 5.06. The number of carbonyl (C=O) groups excluding carboxylic acids is 1. The second-order valence-corrected chi connectivity index (χ2v) is 17.3. The van der Waals surface area contributed by atoms with Crippen molar-refractivity contribution in [1.82, 2.24) is 4.98 Å². The van der Waals surface area contributed by atoms with Crippen molar-refractivity contribution in [1.29, 1.82) is 0 Å². The number of benzene rings is 1. The van der Waals surface area contributed by atoms with Gasteiger partial charge in [0.15, 0.2) is 0 Å². The zero-order valence-electron chi connectivity index (χ0n) is 21.0. The number of carbonyl (C=O) groups is 2. The molecule has 0 fully saturated rings. The minimum Gasteiger partial charge on any atom is -0.465 e. The van der Waals surface area contributed by atoms with E-state index in [1.165, 1.54) is 4.90 Å². The highest BCUT2D eigenvalue weighted by Crippen LogP contribution is 2.49. The number of aromatic nitrogens is 1. The van der Waals surface area contributed by atoms with Gasteiger partial charge in [-0.1, -0.05) is 31.8 Å². The topological polar surface area (TPSA) is 83.0 Å². The van der Waals surface area contributed by atoms with E-state index in [2.05, 4.69) is 24.6 Å². The first-order chi connectivity index (χ1) is 15.8. The van der Waals surface area contributed by atoms with Crippen LogP contribution >= 0.6 is 0 Å². The normalized spacial score (nSPS) is 19.5. The molecule has 4 rings (SSSR count). The lowest BCUT2D eigenvalue weighted by Crippen LogP contribution is -2.45. The summed E-state index contributed by atoms with van der Waals surface area (Å²) in [5, 5.41) is 9.82. The van der Waals surface area contributed by atoms with E-state index in [0.29, 0.717) is 31.0 Å². The van der Waals surface area contributed by atoms with Gasteiger partial charge in [-0.25, -0.2) is 9.78 Å². The van der Waals surface area contributed by atoms with Gasteiger partial charge >= 0.3 is 6.09 Å². The van der Waals surface area contributed by atoms with Crippen molar-refractivity contribution < 1.29 is 19.4 Å². The number of hydrogen-bond acceptors (Lipinski definition) is 4. The number of amides is 2. The Morgan fingerprint density at radius 1 is 1.21 bits per heavy atom. The Kier molecular flexibility index (Phi) is 6.10. The number of anilines is 2. The van der Waals surface area contributed by atoms with Gasteiger partial charge in [-0.2, -0.15) is 0 Å². The Hall–Kier alpha value is -2.71. The molecule has 2 aliphatic rings. The molecule has 0 bridgehead atoms. The van der Waals surface area contributed by atoms with Crippen molar-refractivity contribution in [2.45, 2.75) is 70.3 Å². The second-order valence-electron chi connectivity index (χ2n) is 11.6. The van der Waals surface area contributed by atoms with Crippen LogP contribution in [0.4, 0.5) is 16.3 Å². The van der Waals surface area contributed by atoms with E-state index in [4.69, 9.17) is 4.74 Å². The average molecular weight is 482 g/mol. The van der Waals surface area contributed by atoms with Gasteiger partial charge in [-0.15, -0.1) is 0 Å². The molecule has 1 atom stereocenters. The molecule has 182 valence electrons. The fourth-order valence-corrected chi connectivity index (χ4v) is 5.79. The number of ether oxygens (including phenoxy) is 1. The van der Waals surface area contributed by atoms with Crippen LogP contribution in [0.1, 0.15) is 37.5 Å². The van der Waals surface area contributed by atoms with Crippen molar-refractivity contribution in [3.05, 3.63) is 53.2 Å². The molecule has 2 heterocycles. The van der Waals surface area contributed by atoms with Crippen molar-refractivity contribution in [3.63, 3.8) is 0 Å². The van der Waals surface area contributed by atoms with Crippen molar-refractivity contribution in [2.75, 3.05) is 23.1 Å². The summed E-state index contributed by atoms with van der Waals surface area (Å²) in [4.78, 5) is 33.4. The first-order valence-corrected chi connectivity index (χ1v) is 15.5. The van der Waals surface area contributed by atoms with Crippen LogP contribution in [0.5, 0.6) is 0 Å². The zero-order valence-corrected chi connectivity index (χ0v) is 22.0. The first-order valence-electron chi connectivity index (χ1n) is 11.8. The Bertz CT molecular complexity index is 1120. The van der Waals surface area contributed by atoms with E-state index < -0.39 is 25.1 Å². The molecule has 1 aliphatic carbocycles. The Morgan fingerprint density at radius 2 is 1.91 bits per heavy atom. The molecule has 1 aromatic heterocycles. The van der Waals surface area contributed by atoms with Crippen LogP contribution in [0, 0.1) is 0 Å². The highest BCUT2D eigenvalue weighted by atomic mass is 28.3. The largest absolute Gasteiger partial charge is 0.465 e. The van der Waals surface area contributed by atoms with Crippen LogP contribution in [0.2, 0.25) is 25.7 Å². The summed E-state index contributed by atoms with van der Waals surface area (Å²) in [5.41, 5.74) is 2.34. The van der Waals surface area contributed by atoms with Crippen molar-refractivity contribution in [3.8, 4) is 0 Å². The van der Waals surface area contributed by atoms with Crippen LogP contribution in [0.3, 0.4) is 0 Å². The predicted molar refractivity (Wildman–Crippen MR) is 136 cm³/mol. The number of pyridine rings is 1. The SMILES string of the molecule is CC(C)(C)N(C(=O)O)c1ccc2c(c1)C[C@]1(C2)C(=O)N(COCC[Si](C)(C)C)c2ncccc21. The van der Waals surface area contributed by atoms with Gasteiger partial charge in [0, 0.05) is 37.7 Å². The molecule has 2 amide bonds. The summed E-state index contributed by atoms with van der Waals surface area (Å²) in [6.45, 7) is 13.4. The van der Waals surface area contributed by atoms with Crippen LogP contribution in [0.15, 0.2) is 36.5 Å². The highest BCUT2D eigenvalue weighted by molar-refractivity contribution is 6.76. The number of carboxylic acid groups (broad SMARTS) is 1. The molecular formula is C26H35N3O4Si. The molecule has 2 aromatic rings. The number of nitrogens with zero attached hydrogens (tertiary/aromatic N) is 3. The summed E-state index contributed by atoms with van der Waals surface area (Å²) < 4.78 is 5.94. The maximum absolute atomic E-state index is 13.8. The quantitative estimate of drug-likeness (QED) is 0.461. The molecule has 1 aromatic carbocycles. The molecule has 8 heteroatoms. The van der Waals surface area contributed by atoms with E-state index in [1.807, 2.05) is 51.1 Å². The van der Waals surface area contributed by atoms with E-state index in [0.717, 1.165) is 22.7 Å². The zero-order chi connectivity index (χ0) is 24.9. The molecule has 1 aliphatic heterocycles. The summed E-state index contributed by atoms with van der Waals surface area (Å²) in [6, 6.07) is 10.7. The monoisotopic (exact) mass is 481 g/mol. The van der Waals surface area contributed by atoms with Gasteiger partial charge in [0.25, 0.3) is 0 Å². The van der Waals surface area contributed by atoms with Crippen molar-refractivity contribution >= 4 is 31.6 Å². The molecule has 0 unspecified atom stereocenters. The van der Waals surface area contributed by atoms with Gasteiger partial charge in [0.2, 0.25) is 5.91 Å². The third-order valence-corrected chi connectivity index (χ3v) is 8.43. The molecule has 1 N–H and O–H groups in total. The van der Waals surface area contributed by atoms with Crippen LogP contribution in [-0.2, 0) is 27.8 Å². The third-order valence-electron chi connectivity index (χ3n) is 6.72. The summed E-state index contributed by atoms with van der Waals surface area (Å²) in [6.07, 6.45) is 1.83. The summed E-state index contributed by atoms with van der Waals surface area (Å²) >= 11 is 0. The van der Waals surface area contributed by atoms with Gasteiger partial charge in [0.05, 0.1) is 5.41 Å². The highest BCUT2D eigenvalue weighted by Gasteiger charge is 2.54. The van der Waals surface area contributed by atoms with E-state index in [-0.39, 0.29) is 12.6 Å². The summed E-state index contributed by atoms with van der Waals surface area (Å²) in [5.74, 6) is 0.688. The number of hydrogen-bond donors (Lipinski definition) is 1. The molecule has 1 spiro atoms. The van der Waals surface area contributed by atoms with E-state index >= 15 is 0 Å². The lowest BCUT2D eigenvalue weighted by Gasteiger charge is -2.33. The summed E-state index contributed by atoms with van der Waals surface area (Å²) in [7, 11) is -1.22. The fraction of sp³-hybridized carbons (Fsp3) is 0.500. The van der Waals surface area contributed by atoms with Gasteiger partial charge in [0.1, 0.15) is 12.5 Å². The standard InChI is InChI=1S/C26H35N3O4Si/c1-25(2,3)29(24(31)32)20-10-9-18-15-26(16-19(18)14-20)21-8-7-11-27-22(21)28(23(26)30)17-33-12-13-34(4,5)6/h7-11,14H,12-13,15-17H2,1-6H3,(H,31,32)/t26-/m0/s1. The molecule has 0 saturated heterocycles. The van der Waals surface area contributed by atoms with Crippen molar-refractivity contribution in [2.24, 2.45) is 0 Å². The van der Waals surface area contributed by atoms with Gasteiger partial charge < -0.3 is 9.84 Å². The minimum absolute atomic E-state index is 0.0119. The lowest BCUT2D eigenvalue weighted by atomic mass is 9.79. The Balaban J connectivity index is 1.62. The first kappa shape index (κ1) is 24.4. The molecule has 0 radical (unpaired) electrons. The number of fused-ring (bicyclic) bond motifs is 3. The lowest BCUT2D eigenvalue weighted by molar-refractivity contribution is -0.124.